The van der Waals surface area contributed by atoms with Crippen LogP contribution in [-0.4, -0.2) is 48.4 Å². The molecule has 1 aromatic carbocycles. The first-order valence-corrected chi connectivity index (χ1v) is 6.59. The van der Waals surface area contributed by atoms with E-state index in [1.165, 1.54) is 0 Å². The molecule has 5 nitrogen and oxygen atoms in total. The minimum atomic E-state index is -0.284. The third-order valence-corrected chi connectivity index (χ3v) is 3.20. The normalized spacial score (nSPS) is 19.2. The van der Waals surface area contributed by atoms with Crippen molar-refractivity contribution in [2.24, 2.45) is 0 Å². The zero-order chi connectivity index (χ0) is 13.5. The number of nitrogens with one attached hydrogen (secondary N) is 1. The quantitative estimate of drug-likeness (QED) is 0.851. The molecule has 1 amide bonds. The highest BCUT2D eigenvalue weighted by Crippen LogP contribution is 2.07. The molecule has 19 heavy (non-hydrogen) atoms. The van der Waals surface area contributed by atoms with Crippen LogP contribution in [0.25, 0.3) is 0 Å². The number of aliphatic hydroxyl groups is 1. The third-order valence-electron chi connectivity index (χ3n) is 3.20. The van der Waals surface area contributed by atoms with Gasteiger partial charge >= 0.3 is 6.09 Å². The van der Waals surface area contributed by atoms with Crippen LogP contribution in [0.2, 0.25) is 0 Å². The topological polar surface area (TPSA) is 61.8 Å². The summed E-state index contributed by atoms with van der Waals surface area (Å²) in [4.78, 5) is 13.6. The Morgan fingerprint density at radius 3 is 2.95 bits per heavy atom. The zero-order valence-electron chi connectivity index (χ0n) is 10.9. The molecule has 0 aromatic heterocycles. The largest absolute Gasteiger partial charge is 0.445 e. The van der Waals surface area contributed by atoms with Crippen molar-refractivity contribution in [3.63, 3.8) is 0 Å². The number of benzene rings is 1. The Kier molecular flexibility index (Phi) is 5.18. The van der Waals surface area contributed by atoms with Gasteiger partial charge in [-0.3, -0.25) is 0 Å². The number of piperazine rings is 1. The number of nitrogens with zero attached hydrogens (tertiary/aromatic N) is 1. The molecule has 1 unspecified atom stereocenters. The van der Waals surface area contributed by atoms with Crippen LogP contribution in [0.5, 0.6) is 0 Å². The highest BCUT2D eigenvalue weighted by Gasteiger charge is 2.23. The summed E-state index contributed by atoms with van der Waals surface area (Å²) in [5.41, 5.74) is 0.984. The molecule has 104 valence electrons. The SMILES string of the molecule is O=C(OCc1ccccc1)N1CCNC(CCO)C1. The number of carbonyl (C=O) groups is 1. The molecule has 1 heterocycles. The third kappa shape index (κ3) is 4.22. The summed E-state index contributed by atoms with van der Waals surface area (Å²) in [6.07, 6.45) is 0.371. The van der Waals surface area contributed by atoms with Gasteiger partial charge in [-0.1, -0.05) is 30.3 Å². The first kappa shape index (κ1) is 13.8. The van der Waals surface area contributed by atoms with Crippen LogP contribution in [-0.2, 0) is 11.3 Å². The summed E-state index contributed by atoms with van der Waals surface area (Å²) in [6.45, 7) is 2.41. The Morgan fingerprint density at radius 1 is 1.42 bits per heavy atom. The molecule has 0 radical (unpaired) electrons. The molecule has 2 rings (SSSR count). The van der Waals surface area contributed by atoms with Gasteiger partial charge in [-0.25, -0.2) is 4.79 Å². The molecule has 1 aliphatic rings. The van der Waals surface area contributed by atoms with Gasteiger partial charge < -0.3 is 20.1 Å². The molecule has 0 saturated carbocycles. The van der Waals surface area contributed by atoms with E-state index in [-0.39, 0.29) is 18.7 Å². The second kappa shape index (κ2) is 7.11. The van der Waals surface area contributed by atoms with Crippen molar-refractivity contribution in [2.75, 3.05) is 26.2 Å². The van der Waals surface area contributed by atoms with Crippen molar-refractivity contribution in [3.8, 4) is 0 Å². The minimum absolute atomic E-state index is 0.130. The number of rotatable bonds is 4. The maximum absolute atomic E-state index is 11.9. The predicted octanol–water partition coefficient (Wildman–Crippen LogP) is 0.979. The van der Waals surface area contributed by atoms with Crippen molar-refractivity contribution >= 4 is 6.09 Å². The van der Waals surface area contributed by atoms with Gasteiger partial charge in [-0.15, -0.1) is 0 Å². The van der Waals surface area contributed by atoms with Crippen LogP contribution in [0, 0.1) is 0 Å². The summed E-state index contributed by atoms with van der Waals surface area (Å²) in [5, 5.41) is 12.2. The van der Waals surface area contributed by atoms with Crippen molar-refractivity contribution in [3.05, 3.63) is 35.9 Å². The number of hydrogen-bond donors (Lipinski definition) is 2. The highest BCUT2D eigenvalue weighted by atomic mass is 16.6. The molecule has 5 heteroatoms. The first-order valence-electron chi connectivity index (χ1n) is 6.59. The van der Waals surface area contributed by atoms with Crippen LogP contribution >= 0.6 is 0 Å². The van der Waals surface area contributed by atoms with Gasteiger partial charge in [0.05, 0.1) is 0 Å². The van der Waals surface area contributed by atoms with Gasteiger partial charge in [0, 0.05) is 32.3 Å². The van der Waals surface area contributed by atoms with Gasteiger partial charge in [0.1, 0.15) is 6.61 Å². The fourth-order valence-electron chi connectivity index (χ4n) is 2.15. The van der Waals surface area contributed by atoms with E-state index >= 15 is 0 Å². The summed E-state index contributed by atoms with van der Waals surface area (Å²) in [6, 6.07) is 9.79. The van der Waals surface area contributed by atoms with Crippen LogP contribution in [0.15, 0.2) is 30.3 Å². The van der Waals surface area contributed by atoms with E-state index in [9.17, 15) is 4.79 Å². The molecule has 2 N–H and O–H groups in total. The average Bonchev–Trinajstić information content (AvgIpc) is 2.46. The average molecular weight is 264 g/mol. The van der Waals surface area contributed by atoms with Crippen molar-refractivity contribution < 1.29 is 14.6 Å². The summed E-state index contributed by atoms with van der Waals surface area (Å²) >= 11 is 0. The van der Waals surface area contributed by atoms with Gasteiger partial charge in [0.15, 0.2) is 0 Å². The number of hydrogen-bond acceptors (Lipinski definition) is 4. The van der Waals surface area contributed by atoms with E-state index in [1.807, 2.05) is 30.3 Å². The monoisotopic (exact) mass is 264 g/mol. The van der Waals surface area contributed by atoms with E-state index < -0.39 is 0 Å². The summed E-state index contributed by atoms with van der Waals surface area (Å²) < 4.78 is 5.29. The maximum Gasteiger partial charge on any atom is 0.410 e. The predicted molar refractivity (Wildman–Crippen MR) is 71.7 cm³/mol. The Hall–Kier alpha value is -1.59. The van der Waals surface area contributed by atoms with Crippen molar-refractivity contribution in [2.45, 2.75) is 19.1 Å². The lowest BCUT2D eigenvalue weighted by atomic mass is 10.1. The van der Waals surface area contributed by atoms with Crippen LogP contribution in [0.1, 0.15) is 12.0 Å². The van der Waals surface area contributed by atoms with E-state index in [0.29, 0.717) is 26.1 Å². The molecular formula is C14H20N2O3. The molecule has 1 atom stereocenters. The molecule has 0 aliphatic carbocycles. The van der Waals surface area contributed by atoms with Crippen LogP contribution < -0.4 is 5.32 Å². The fraction of sp³-hybridized carbons (Fsp3) is 0.500. The van der Waals surface area contributed by atoms with E-state index in [4.69, 9.17) is 9.84 Å². The number of amides is 1. The number of aliphatic hydroxyl groups excluding tert-OH is 1. The smallest absolute Gasteiger partial charge is 0.410 e. The number of ether oxygens (including phenoxy) is 1. The van der Waals surface area contributed by atoms with Crippen molar-refractivity contribution in [1.82, 2.24) is 10.2 Å². The first-order chi connectivity index (χ1) is 9.29. The van der Waals surface area contributed by atoms with Gasteiger partial charge in [0.2, 0.25) is 0 Å². The van der Waals surface area contributed by atoms with E-state index in [2.05, 4.69) is 5.32 Å². The molecule has 0 spiro atoms. The van der Waals surface area contributed by atoms with Crippen molar-refractivity contribution in [1.29, 1.82) is 0 Å². The summed E-state index contributed by atoms with van der Waals surface area (Å²) in [7, 11) is 0. The lowest BCUT2D eigenvalue weighted by molar-refractivity contribution is 0.0822. The van der Waals surface area contributed by atoms with E-state index in [0.717, 1.165) is 12.1 Å². The van der Waals surface area contributed by atoms with Crippen LogP contribution in [0.3, 0.4) is 0 Å². The lowest BCUT2D eigenvalue weighted by Gasteiger charge is -2.32. The van der Waals surface area contributed by atoms with Crippen LogP contribution in [0.4, 0.5) is 4.79 Å². The second-order valence-corrected chi connectivity index (χ2v) is 4.65. The maximum atomic E-state index is 11.9. The fourth-order valence-corrected chi connectivity index (χ4v) is 2.15. The van der Waals surface area contributed by atoms with Gasteiger partial charge in [-0.05, 0) is 12.0 Å². The van der Waals surface area contributed by atoms with Gasteiger partial charge in [0.25, 0.3) is 0 Å². The Labute approximate surface area is 113 Å². The number of carbonyl (C=O) groups excluding carboxylic acids is 1. The molecule has 1 aromatic rings. The molecule has 0 bridgehead atoms. The molecule has 1 aliphatic heterocycles. The lowest BCUT2D eigenvalue weighted by Crippen LogP contribution is -2.52. The Bertz CT molecular complexity index is 395. The summed E-state index contributed by atoms with van der Waals surface area (Å²) in [5.74, 6) is 0. The molecule has 1 saturated heterocycles. The Morgan fingerprint density at radius 2 is 2.21 bits per heavy atom. The Balaban J connectivity index is 1.79. The van der Waals surface area contributed by atoms with Gasteiger partial charge in [-0.2, -0.15) is 0 Å². The van der Waals surface area contributed by atoms with E-state index in [1.54, 1.807) is 4.90 Å². The molecular weight excluding hydrogens is 244 g/mol. The second-order valence-electron chi connectivity index (χ2n) is 4.65. The molecule has 1 fully saturated rings. The minimum Gasteiger partial charge on any atom is -0.445 e. The highest BCUT2D eigenvalue weighted by molar-refractivity contribution is 5.67. The standard InChI is InChI=1S/C14H20N2O3/c17-9-6-13-10-16(8-7-15-13)14(18)19-11-12-4-2-1-3-5-12/h1-5,13,15,17H,6-11H2. The zero-order valence-corrected chi connectivity index (χ0v) is 10.9.